The van der Waals surface area contributed by atoms with Gasteiger partial charge in [0.25, 0.3) is 5.91 Å². The molecular formula is C14H14F3N3O3. The highest BCUT2D eigenvalue weighted by atomic mass is 19.2. The van der Waals surface area contributed by atoms with Crippen LogP contribution in [0, 0.1) is 30.3 Å². The third kappa shape index (κ3) is 3.27. The second kappa shape index (κ2) is 6.27. The lowest BCUT2D eigenvalue weighted by Gasteiger charge is -2.19. The van der Waals surface area contributed by atoms with Crippen molar-refractivity contribution in [2.45, 2.75) is 26.8 Å². The summed E-state index contributed by atoms with van der Waals surface area (Å²) in [5, 5.41) is 15.2. The Bertz CT molecular complexity index is 746. The molecule has 0 spiro atoms. The topological polar surface area (TPSA) is 88.2 Å². The molecule has 0 radical (unpaired) electrons. The van der Waals surface area contributed by atoms with Crippen molar-refractivity contribution >= 4 is 5.91 Å². The first-order valence-electron chi connectivity index (χ1n) is 6.69. The number of aromatic nitrogens is 2. The summed E-state index contributed by atoms with van der Waals surface area (Å²) in [6.07, 6.45) is 0. The zero-order valence-corrected chi connectivity index (χ0v) is 12.5. The molecule has 0 aliphatic heterocycles. The molecule has 0 bridgehead atoms. The summed E-state index contributed by atoms with van der Waals surface area (Å²) in [4.78, 5) is 16.1. The quantitative estimate of drug-likeness (QED) is 0.842. The molecule has 1 amide bonds. The Morgan fingerprint density at radius 3 is 2.48 bits per heavy atom. The zero-order valence-electron chi connectivity index (χ0n) is 12.5. The highest BCUT2D eigenvalue weighted by Crippen LogP contribution is 2.27. The molecule has 2 rings (SSSR count). The minimum absolute atomic E-state index is 0.0954. The number of rotatable bonds is 4. The number of aromatic hydroxyl groups is 1. The van der Waals surface area contributed by atoms with Crippen molar-refractivity contribution in [3.8, 4) is 5.75 Å². The molecule has 2 N–H and O–H groups in total. The number of carbonyl (C=O) groups excluding carboxylic acids is 1. The second-order valence-corrected chi connectivity index (χ2v) is 5.26. The number of aryl methyl sites for hydroxylation is 1. The number of phenolic OH excluding ortho intramolecular Hbond substituents is 1. The SMILES string of the molecule is Cc1noc([C@H](NC(=O)c2cc(F)c(F)c(O)c2F)C(C)C)n1. The minimum atomic E-state index is -1.76. The molecule has 0 aliphatic carbocycles. The molecule has 1 atom stereocenters. The lowest BCUT2D eigenvalue weighted by atomic mass is 10.0. The van der Waals surface area contributed by atoms with Gasteiger partial charge in [-0.1, -0.05) is 19.0 Å². The van der Waals surface area contributed by atoms with Crippen LogP contribution in [0.25, 0.3) is 0 Å². The van der Waals surface area contributed by atoms with Crippen LogP contribution in [0.1, 0.15) is 42.0 Å². The largest absolute Gasteiger partial charge is 0.503 e. The van der Waals surface area contributed by atoms with Crippen LogP contribution in [-0.2, 0) is 0 Å². The Morgan fingerprint density at radius 2 is 1.96 bits per heavy atom. The summed E-state index contributed by atoms with van der Waals surface area (Å²) < 4.78 is 45.1. The van der Waals surface area contributed by atoms with Gasteiger partial charge in [-0.2, -0.15) is 9.37 Å². The molecule has 1 heterocycles. The fourth-order valence-electron chi connectivity index (χ4n) is 1.93. The van der Waals surface area contributed by atoms with Crippen molar-refractivity contribution in [1.82, 2.24) is 15.5 Å². The summed E-state index contributed by atoms with van der Waals surface area (Å²) >= 11 is 0. The van der Waals surface area contributed by atoms with Crippen LogP contribution in [0.5, 0.6) is 5.75 Å². The lowest BCUT2D eigenvalue weighted by Crippen LogP contribution is -2.32. The minimum Gasteiger partial charge on any atom is -0.503 e. The first kappa shape index (κ1) is 16.8. The van der Waals surface area contributed by atoms with Crippen molar-refractivity contribution in [2.75, 3.05) is 0 Å². The first-order valence-corrected chi connectivity index (χ1v) is 6.69. The van der Waals surface area contributed by atoms with Crippen LogP contribution in [0.4, 0.5) is 13.2 Å². The molecule has 23 heavy (non-hydrogen) atoms. The Kier molecular flexibility index (Phi) is 4.57. The Morgan fingerprint density at radius 1 is 1.30 bits per heavy atom. The first-order chi connectivity index (χ1) is 10.7. The molecule has 9 heteroatoms. The van der Waals surface area contributed by atoms with E-state index in [9.17, 15) is 18.0 Å². The molecule has 0 unspecified atom stereocenters. The summed E-state index contributed by atoms with van der Waals surface area (Å²) in [5.74, 6) is -7.21. The molecule has 2 aromatic rings. The number of nitrogens with zero attached hydrogens (tertiary/aromatic N) is 2. The van der Waals surface area contributed by atoms with Crippen molar-refractivity contribution in [3.05, 3.63) is 40.8 Å². The Labute approximate surface area is 129 Å². The summed E-state index contributed by atoms with van der Waals surface area (Å²) in [7, 11) is 0. The molecule has 0 saturated heterocycles. The molecule has 1 aromatic carbocycles. The molecule has 6 nitrogen and oxygen atoms in total. The number of benzene rings is 1. The van der Waals surface area contributed by atoms with Crippen molar-refractivity contribution in [1.29, 1.82) is 0 Å². The van der Waals surface area contributed by atoms with Gasteiger partial charge in [-0.25, -0.2) is 8.78 Å². The van der Waals surface area contributed by atoms with E-state index in [0.29, 0.717) is 11.9 Å². The van der Waals surface area contributed by atoms with Crippen LogP contribution in [0.3, 0.4) is 0 Å². The van der Waals surface area contributed by atoms with Gasteiger partial charge in [0.05, 0.1) is 5.56 Å². The van der Waals surface area contributed by atoms with Gasteiger partial charge in [-0.15, -0.1) is 0 Å². The van der Waals surface area contributed by atoms with Crippen LogP contribution >= 0.6 is 0 Å². The average molecular weight is 329 g/mol. The van der Waals surface area contributed by atoms with Gasteiger partial charge in [-0.3, -0.25) is 4.79 Å². The second-order valence-electron chi connectivity index (χ2n) is 5.26. The van der Waals surface area contributed by atoms with Gasteiger partial charge >= 0.3 is 0 Å². The van der Waals surface area contributed by atoms with Gasteiger partial charge in [0, 0.05) is 0 Å². The number of halogens is 3. The van der Waals surface area contributed by atoms with E-state index in [-0.39, 0.29) is 11.8 Å². The maximum Gasteiger partial charge on any atom is 0.255 e. The highest BCUT2D eigenvalue weighted by molar-refractivity contribution is 5.95. The van der Waals surface area contributed by atoms with Gasteiger partial charge in [0.15, 0.2) is 23.2 Å². The monoisotopic (exact) mass is 329 g/mol. The number of amides is 1. The predicted octanol–water partition coefficient (Wildman–Crippen LogP) is 2.63. The molecule has 1 aromatic heterocycles. The Balaban J connectivity index is 2.33. The van der Waals surface area contributed by atoms with Crippen LogP contribution in [-0.4, -0.2) is 21.2 Å². The van der Waals surface area contributed by atoms with Crippen molar-refractivity contribution in [2.24, 2.45) is 5.92 Å². The number of nitrogens with one attached hydrogen (secondary N) is 1. The van der Waals surface area contributed by atoms with Crippen LogP contribution in [0.2, 0.25) is 0 Å². The maximum atomic E-state index is 13.8. The molecule has 0 fully saturated rings. The van der Waals surface area contributed by atoms with Crippen LogP contribution in [0.15, 0.2) is 10.6 Å². The summed E-state index contributed by atoms with van der Waals surface area (Å²) in [6.45, 7) is 5.06. The third-order valence-electron chi connectivity index (χ3n) is 3.14. The summed E-state index contributed by atoms with van der Waals surface area (Å²) in [5.41, 5.74) is -0.830. The van der Waals surface area contributed by atoms with E-state index in [1.54, 1.807) is 20.8 Å². The van der Waals surface area contributed by atoms with E-state index in [0.717, 1.165) is 0 Å². The van der Waals surface area contributed by atoms with E-state index >= 15 is 0 Å². The lowest BCUT2D eigenvalue weighted by molar-refractivity contribution is 0.0908. The van der Waals surface area contributed by atoms with Gasteiger partial charge in [0.2, 0.25) is 11.7 Å². The van der Waals surface area contributed by atoms with Crippen molar-refractivity contribution in [3.63, 3.8) is 0 Å². The zero-order chi connectivity index (χ0) is 17.3. The van der Waals surface area contributed by atoms with Gasteiger partial charge in [0.1, 0.15) is 6.04 Å². The predicted molar refractivity (Wildman–Crippen MR) is 72.1 cm³/mol. The summed E-state index contributed by atoms with van der Waals surface area (Å²) in [6, 6.07) is -0.394. The number of phenols is 1. The Hall–Kier alpha value is -2.58. The van der Waals surface area contributed by atoms with E-state index in [2.05, 4.69) is 15.5 Å². The molecule has 124 valence electrons. The standard InChI is InChI=1S/C14H14F3N3O3/c1-5(2)11(14-18-6(3)20-23-14)19-13(22)7-4-8(15)10(17)12(21)9(7)16/h4-5,11,21H,1-3H3,(H,19,22)/t11-/m1/s1. The van der Waals surface area contributed by atoms with E-state index in [4.69, 9.17) is 9.63 Å². The normalized spacial score (nSPS) is 12.5. The van der Waals surface area contributed by atoms with Gasteiger partial charge < -0.3 is 14.9 Å². The third-order valence-corrected chi connectivity index (χ3v) is 3.14. The van der Waals surface area contributed by atoms with E-state index in [1.165, 1.54) is 0 Å². The fraction of sp³-hybridized carbons (Fsp3) is 0.357. The number of carbonyl (C=O) groups is 1. The molecule has 0 saturated carbocycles. The smallest absolute Gasteiger partial charge is 0.255 e. The molecule has 0 aliphatic rings. The average Bonchev–Trinajstić information content (AvgIpc) is 2.91. The van der Waals surface area contributed by atoms with Crippen LogP contribution < -0.4 is 5.32 Å². The van der Waals surface area contributed by atoms with Gasteiger partial charge in [-0.05, 0) is 18.9 Å². The number of hydrogen-bond donors (Lipinski definition) is 2. The maximum absolute atomic E-state index is 13.8. The number of hydrogen-bond acceptors (Lipinski definition) is 5. The van der Waals surface area contributed by atoms with E-state index < -0.39 is 40.7 Å². The van der Waals surface area contributed by atoms with Crippen molar-refractivity contribution < 1.29 is 27.6 Å². The fourth-order valence-corrected chi connectivity index (χ4v) is 1.93. The van der Waals surface area contributed by atoms with E-state index in [1.807, 2.05) is 0 Å². The highest BCUT2D eigenvalue weighted by Gasteiger charge is 2.28. The molecular weight excluding hydrogens is 315 g/mol.